The zero-order chi connectivity index (χ0) is 14.1. The number of aryl methyl sites for hydroxylation is 1. The smallest absolute Gasteiger partial charge is 0.126 e. The summed E-state index contributed by atoms with van der Waals surface area (Å²) in [6.45, 7) is 2.10. The van der Waals surface area contributed by atoms with Crippen LogP contribution >= 0.6 is 15.9 Å². The van der Waals surface area contributed by atoms with Crippen LogP contribution in [0.15, 0.2) is 46.9 Å². The Morgan fingerprint density at radius 1 is 1.20 bits per heavy atom. The summed E-state index contributed by atoms with van der Waals surface area (Å²) in [5, 5.41) is 3.39. The molecule has 1 N–H and O–H groups in total. The highest BCUT2D eigenvalue weighted by Crippen LogP contribution is 2.40. The van der Waals surface area contributed by atoms with Crippen LogP contribution in [0.1, 0.15) is 35.3 Å². The van der Waals surface area contributed by atoms with Crippen LogP contribution in [0, 0.1) is 6.92 Å². The molecule has 104 valence electrons. The molecule has 0 fully saturated rings. The van der Waals surface area contributed by atoms with Crippen molar-refractivity contribution in [2.45, 2.75) is 25.5 Å². The van der Waals surface area contributed by atoms with E-state index >= 15 is 0 Å². The second kappa shape index (κ2) is 5.58. The minimum absolute atomic E-state index is 0.0965. The van der Waals surface area contributed by atoms with Crippen LogP contribution in [-0.4, -0.2) is 7.05 Å². The molecule has 2 atom stereocenters. The van der Waals surface area contributed by atoms with Gasteiger partial charge in [0.1, 0.15) is 11.9 Å². The Kier molecular flexibility index (Phi) is 3.81. The fourth-order valence-corrected chi connectivity index (χ4v) is 3.10. The van der Waals surface area contributed by atoms with Crippen molar-refractivity contribution in [1.82, 2.24) is 5.32 Å². The van der Waals surface area contributed by atoms with Crippen LogP contribution in [0.25, 0.3) is 0 Å². The molecule has 1 aliphatic rings. The topological polar surface area (TPSA) is 21.3 Å². The molecule has 3 rings (SSSR count). The summed E-state index contributed by atoms with van der Waals surface area (Å²) < 4.78 is 7.32. The molecule has 0 radical (unpaired) electrons. The first-order valence-electron chi connectivity index (χ1n) is 6.88. The van der Waals surface area contributed by atoms with Crippen molar-refractivity contribution in [3.05, 3.63) is 63.6 Å². The summed E-state index contributed by atoms with van der Waals surface area (Å²) in [5.74, 6) is 0.986. The highest BCUT2D eigenvalue weighted by Gasteiger charge is 2.28. The Morgan fingerprint density at radius 2 is 2.00 bits per heavy atom. The van der Waals surface area contributed by atoms with Crippen LogP contribution in [0.3, 0.4) is 0 Å². The third-order valence-electron chi connectivity index (χ3n) is 3.93. The molecule has 2 aromatic rings. The van der Waals surface area contributed by atoms with Crippen LogP contribution in [0.4, 0.5) is 0 Å². The Morgan fingerprint density at radius 3 is 2.75 bits per heavy atom. The number of benzene rings is 2. The number of hydrogen-bond donors (Lipinski definition) is 1. The van der Waals surface area contributed by atoms with Gasteiger partial charge in [0.15, 0.2) is 0 Å². The number of ether oxygens (including phenoxy) is 1. The van der Waals surface area contributed by atoms with Gasteiger partial charge in [-0.2, -0.15) is 0 Å². The van der Waals surface area contributed by atoms with Gasteiger partial charge >= 0.3 is 0 Å². The first kappa shape index (κ1) is 13.7. The molecule has 2 aromatic carbocycles. The summed E-state index contributed by atoms with van der Waals surface area (Å²) in [6.07, 6.45) is 1.04. The Balaban J connectivity index is 1.95. The van der Waals surface area contributed by atoms with E-state index in [0.29, 0.717) is 6.04 Å². The molecular weight excluding hydrogens is 314 g/mol. The van der Waals surface area contributed by atoms with Gasteiger partial charge in [-0.25, -0.2) is 0 Å². The third kappa shape index (κ3) is 2.48. The van der Waals surface area contributed by atoms with Crippen LogP contribution in [-0.2, 0) is 0 Å². The monoisotopic (exact) mass is 331 g/mol. The maximum atomic E-state index is 6.18. The fraction of sp³-hybridized carbons (Fsp3) is 0.294. The lowest BCUT2D eigenvalue weighted by Crippen LogP contribution is -2.26. The Labute approximate surface area is 128 Å². The van der Waals surface area contributed by atoms with Crippen LogP contribution in [0.2, 0.25) is 0 Å². The van der Waals surface area contributed by atoms with Gasteiger partial charge in [-0.15, -0.1) is 0 Å². The van der Waals surface area contributed by atoms with Gasteiger partial charge in [-0.3, -0.25) is 0 Å². The number of rotatable bonds is 2. The van der Waals surface area contributed by atoms with E-state index in [2.05, 4.69) is 64.6 Å². The summed E-state index contributed by atoms with van der Waals surface area (Å²) in [5.41, 5.74) is 3.71. The molecule has 0 saturated heterocycles. The zero-order valence-electron chi connectivity index (χ0n) is 11.7. The molecule has 0 saturated carbocycles. The first-order chi connectivity index (χ1) is 9.69. The van der Waals surface area contributed by atoms with Crippen molar-refractivity contribution in [3.8, 4) is 5.75 Å². The minimum atomic E-state index is 0.0965. The van der Waals surface area contributed by atoms with E-state index in [4.69, 9.17) is 4.74 Å². The molecule has 0 spiro atoms. The molecular formula is C17H18BrNO. The van der Waals surface area contributed by atoms with Gasteiger partial charge < -0.3 is 10.1 Å². The van der Waals surface area contributed by atoms with E-state index in [1.165, 1.54) is 16.7 Å². The average Bonchev–Trinajstić information content (AvgIpc) is 2.49. The van der Waals surface area contributed by atoms with Gasteiger partial charge in [0, 0.05) is 22.5 Å². The lowest BCUT2D eigenvalue weighted by molar-refractivity contribution is 0.154. The third-order valence-corrected chi connectivity index (χ3v) is 4.78. The molecule has 2 unspecified atom stereocenters. The van der Waals surface area contributed by atoms with Crippen molar-refractivity contribution in [2.75, 3.05) is 7.05 Å². The van der Waals surface area contributed by atoms with Crippen LogP contribution < -0.4 is 10.1 Å². The summed E-state index contributed by atoms with van der Waals surface area (Å²) in [6, 6.07) is 15.1. The zero-order valence-corrected chi connectivity index (χ0v) is 13.3. The van der Waals surface area contributed by atoms with Crippen molar-refractivity contribution in [3.63, 3.8) is 0 Å². The van der Waals surface area contributed by atoms with Gasteiger partial charge in [0.25, 0.3) is 0 Å². The molecule has 0 aromatic heterocycles. The van der Waals surface area contributed by atoms with Gasteiger partial charge in [0.2, 0.25) is 0 Å². The summed E-state index contributed by atoms with van der Waals surface area (Å²) in [7, 11) is 2.01. The Hall–Kier alpha value is -1.32. The number of hydrogen-bond acceptors (Lipinski definition) is 2. The minimum Gasteiger partial charge on any atom is -0.485 e. The number of halogens is 1. The molecule has 0 amide bonds. The first-order valence-corrected chi connectivity index (χ1v) is 7.67. The number of fused-ring (bicyclic) bond motifs is 1. The molecule has 20 heavy (non-hydrogen) atoms. The SMILES string of the molecule is CNC1CC(c2ccc(C)c(Br)c2)Oc2ccccc21. The summed E-state index contributed by atoms with van der Waals surface area (Å²) >= 11 is 3.61. The van der Waals surface area contributed by atoms with E-state index in [9.17, 15) is 0 Å². The number of para-hydroxylation sites is 1. The normalized spacial score (nSPS) is 21.1. The highest BCUT2D eigenvalue weighted by molar-refractivity contribution is 9.10. The van der Waals surface area contributed by atoms with Gasteiger partial charge in [0.05, 0.1) is 0 Å². The molecule has 1 aliphatic heterocycles. The van der Waals surface area contributed by atoms with E-state index in [1.54, 1.807) is 0 Å². The maximum Gasteiger partial charge on any atom is 0.126 e. The van der Waals surface area contributed by atoms with Crippen molar-refractivity contribution >= 4 is 15.9 Å². The summed E-state index contributed by atoms with van der Waals surface area (Å²) in [4.78, 5) is 0. The standard InChI is InChI=1S/C17H18BrNO/c1-11-7-8-12(9-14(11)18)17-10-15(19-2)13-5-3-4-6-16(13)20-17/h3-9,15,17,19H,10H2,1-2H3. The van der Waals surface area contributed by atoms with Gasteiger partial charge in [-0.1, -0.05) is 46.3 Å². The quantitative estimate of drug-likeness (QED) is 0.872. The van der Waals surface area contributed by atoms with Crippen LogP contribution in [0.5, 0.6) is 5.75 Å². The average molecular weight is 332 g/mol. The molecule has 0 aliphatic carbocycles. The van der Waals surface area contributed by atoms with Crippen molar-refractivity contribution in [2.24, 2.45) is 0 Å². The lowest BCUT2D eigenvalue weighted by atomic mass is 9.93. The van der Waals surface area contributed by atoms with Crippen molar-refractivity contribution in [1.29, 1.82) is 0 Å². The Bertz CT molecular complexity index is 626. The van der Waals surface area contributed by atoms with Gasteiger partial charge in [-0.05, 0) is 37.2 Å². The molecule has 2 nitrogen and oxygen atoms in total. The molecule has 1 heterocycles. The molecule has 0 bridgehead atoms. The lowest BCUT2D eigenvalue weighted by Gasteiger charge is -2.32. The maximum absolute atomic E-state index is 6.18. The van der Waals surface area contributed by atoms with E-state index in [-0.39, 0.29) is 6.10 Å². The predicted octanol–water partition coefficient (Wildman–Crippen LogP) is 4.54. The second-order valence-corrected chi connectivity index (χ2v) is 6.08. The van der Waals surface area contributed by atoms with E-state index < -0.39 is 0 Å². The van der Waals surface area contributed by atoms with Crippen molar-refractivity contribution < 1.29 is 4.74 Å². The largest absolute Gasteiger partial charge is 0.485 e. The second-order valence-electron chi connectivity index (χ2n) is 5.23. The fourth-order valence-electron chi connectivity index (χ4n) is 2.71. The highest BCUT2D eigenvalue weighted by atomic mass is 79.9. The molecule has 3 heteroatoms. The predicted molar refractivity (Wildman–Crippen MR) is 85.1 cm³/mol. The number of nitrogens with one attached hydrogen (secondary N) is 1. The van der Waals surface area contributed by atoms with E-state index in [0.717, 1.165) is 16.6 Å². The van der Waals surface area contributed by atoms with E-state index in [1.807, 2.05) is 13.1 Å².